The third-order valence-corrected chi connectivity index (χ3v) is 5.00. The van der Waals surface area contributed by atoms with E-state index in [0.29, 0.717) is 17.6 Å². The van der Waals surface area contributed by atoms with E-state index in [-0.39, 0.29) is 0 Å². The van der Waals surface area contributed by atoms with Crippen molar-refractivity contribution in [2.45, 2.75) is 12.0 Å². The molecule has 0 spiro atoms. The highest BCUT2D eigenvalue weighted by atomic mass is 16.5. The molecule has 1 aromatic carbocycles. The first kappa shape index (κ1) is 15.8. The number of imidazole rings is 1. The van der Waals surface area contributed by atoms with E-state index in [1.54, 1.807) is 19.8 Å². The summed E-state index contributed by atoms with van der Waals surface area (Å²) in [6.45, 7) is 1.81. The lowest BCUT2D eigenvalue weighted by Crippen LogP contribution is -2.34. The van der Waals surface area contributed by atoms with Gasteiger partial charge in [-0.2, -0.15) is 0 Å². The summed E-state index contributed by atoms with van der Waals surface area (Å²) in [4.78, 5) is 20.8. The van der Waals surface area contributed by atoms with Crippen molar-refractivity contribution >= 4 is 17.0 Å². The summed E-state index contributed by atoms with van der Waals surface area (Å²) in [6, 6.07) is 8.79. The summed E-state index contributed by atoms with van der Waals surface area (Å²) < 4.78 is 5.29. The Kier molecular flexibility index (Phi) is 4.01. The Morgan fingerprint density at radius 2 is 1.92 bits per heavy atom. The van der Waals surface area contributed by atoms with Gasteiger partial charge in [0.05, 0.1) is 13.4 Å². The summed E-state index contributed by atoms with van der Waals surface area (Å²) in [5.41, 5.74) is 2.92. The maximum atomic E-state index is 5.29. The van der Waals surface area contributed by atoms with Gasteiger partial charge >= 0.3 is 0 Å². The van der Waals surface area contributed by atoms with Gasteiger partial charge in [-0.25, -0.2) is 15.0 Å². The van der Waals surface area contributed by atoms with Crippen LogP contribution in [0, 0.1) is 0 Å². The molecule has 0 saturated carbocycles. The Labute approximate surface area is 146 Å². The minimum atomic E-state index is 0.397. The average Bonchev–Trinajstić information content (AvgIpc) is 3.28. The summed E-state index contributed by atoms with van der Waals surface area (Å²) in [6.07, 6.45) is 3.26. The lowest BCUT2D eigenvalue weighted by Gasteiger charge is -2.25. The highest BCUT2D eigenvalue weighted by Crippen LogP contribution is 2.34. The fourth-order valence-corrected chi connectivity index (χ4v) is 3.65. The van der Waals surface area contributed by atoms with Crippen LogP contribution in [0.25, 0.3) is 11.2 Å². The van der Waals surface area contributed by atoms with Crippen molar-refractivity contribution in [3.8, 4) is 5.75 Å². The number of nitrogens with one attached hydrogen (secondary N) is 1. The Bertz CT molecular complexity index is 859. The highest BCUT2D eigenvalue weighted by Gasteiger charge is 2.36. The topological polar surface area (TPSA) is 70.2 Å². The van der Waals surface area contributed by atoms with Gasteiger partial charge in [-0.3, -0.25) is 0 Å². The molecule has 1 N–H and O–H groups in total. The quantitative estimate of drug-likeness (QED) is 0.783. The molecular formula is C18H22N6O. The van der Waals surface area contributed by atoms with Crippen LogP contribution in [0.3, 0.4) is 0 Å². The second-order valence-corrected chi connectivity index (χ2v) is 6.61. The van der Waals surface area contributed by atoms with Crippen LogP contribution in [0.1, 0.15) is 11.5 Å². The van der Waals surface area contributed by atoms with Crippen LogP contribution in [0.2, 0.25) is 0 Å². The summed E-state index contributed by atoms with van der Waals surface area (Å²) >= 11 is 0. The molecule has 3 aromatic rings. The Balaban J connectivity index is 1.67. The van der Waals surface area contributed by atoms with Gasteiger partial charge in [-0.15, -0.1) is 0 Å². The molecule has 0 aliphatic carbocycles. The van der Waals surface area contributed by atoms with Crippen LogP contribution >= 0.6 is 0 Å². The van der Waals surface area contributed by atoms with Gasteiger partial charge in [-0.05, 0) is 31.8 Å². The molecule has 0 bridgehead atoms. The molecule has 7 nitrogen and oxygen atoms in total. The van der Waals surface area contributed by atoms with E-state index in [4.69, 9.17) is 4.74 Å². The monoisotopic (exact) mass is 338 g/mol. The van der Waals surface area contributed by atoms with Gasteiger partial charge < -0.3 is 19.5 Å². The average molecular weight is 338 g/mol. The van der Waals surface area contributed by atoms with Crippen LogP contribution in [0.15, 0.2) is 36.9 Å². The minimum Gasteiger partial charge on any atom is -0.497 e. The Morgan fingerprint density at radius 1 is 1.12 bits per heavy atom. The Hall–Kier alpha value is -2.67. The number of benzene rings is 1. The van der Waals surface area contributed by atoms with Gasteiger partial charge in [0.15, 0.2) is 11.5 Å². The van der Waals surface area contributed by atoms with E-state index in [1.165, 1.54) is 5.56 Å². The SMILES string of the molecule is COc1ccc([C@@H]2CN(c3ncnc4nc[nH]c34)C[C@H]2N(C)C)cc1. The molecule has 3 heterocycles. The second-order valence-electron chi connectivity index (χ2n) is 6.61. The normalized spacial score (nSPS) is 20.6. The van der Waals surface area contributed by atoms with Crippen molar-refractivity contribution in [2.24, 2.45) is 0 Å². The lowest BCUT2D eigenvalue weighted by molar-refractivity contribution is 0.292. The molecule has 25 heavy (non-hydrogen) atoms. The van der Waals surface area contributed by atoms with Crippen molar-refractivity contribution < 1.29 is 4.74 Å². The van der Waals surface area contributed by atoms with Gasteiger partial charge in [0, 0.05) is 25.0 Å². The molecular weight excluding hydrogens is 316 g/mol. The molecule has 1 fully saturated rings. The van der Waals surface area contributed by atoms with E-state index in [2.05, 4.69) is 56.0 Å². The Morgan fingerprint density at radius 3 is 2.64 bits per heavy atom. The zero-order chi connectivity index (χ0) is 17.4. The molecule has 4 rings (SSSR count). The van der Waals surface area contributed by atoms with Crippen molar-refractivity contribution in [1.29, 1.82) is 0 Å². The molecule has 2 aromatic heterocycles. The number of anilines is 1. The fourth-order valence-electron chi connectivity index (χ4n) is 3.65. The minimum absolute atomic E-state index is 0.397. The third kappa shape index (κ3) is 2.80. The molecule has 0 radical (unpaired) electrons. The number of fused-ring (bicyclic) bond motifs is 1. The number of rotatable bonds is 4. The van der Waals surface area contributed by atoms with Crippen LogP contribution in [0.4, 0.5) is 5.82 Å². The van der Waals surface area contributed by atoms with Crippen LogP contribution in [-0.4, -0.2) is 65.2 Å². The molecule has 1 saturated heterocycles. The van der Waals surface area contributed by atoms with E-state index < -0.39 is 0 Å². The van der Waals surface area contributed by atoms with Crippen LogP contribution < -0.4 is 9.64 Å². The number of aromatic nitrogens is 4. The van der Waals surface area contributed by atoms with Gasteiger partial charge in [0.2, 0.25) is 0 Å². The number of nitrogens with zero attached hydrogens (tertiary/aromatic N) is 5. The zero-order valence-corrected chi connectivity index (χ0v) is 14.7. The summed E-state index contributed by atoms with van der Waals surface area (Å²) in [7, 11) is 5.96. The van der Waals surface area contributed by atoms with Crippen molar-refractivity contribution in [2.75, 3.05) is 39.2 Å². The van der Waals surface area contributed by atoms with Gasteiger partial charge in [0.1, 0.15) is 17.6 Å². The molecule has 1 aliphatic heterocycles. The maximum Gasteiger partial charge on any atom is 0.182 e. The van der Waals surface area contributed by atoms with Crippen molar-refractivity contribution in [3.05, 3.63) is 42.5 Å². The largest absolute Gasteiger partial charge is 0.497 e. The molecule has 0 amide bonds. The van der Waals surface area contributed by atoms with Crippen molar-refractivity contribution in [3.63, 3.8) is 0 Å². The summed E-state index contributed by atoms with van der Waals surface area (Å²) in [5, 5.41) is 0. The number of H-pyrrole nitrogens is 1. The third-order valence-electron chi connectivity index (χ3n) is 5.00. The molecule has 130 valence electrons. The van der Waals surface area contributed by atoms with Gasteiger partial charge in [-0.1, -0.05) is 12.1 Å². The lowest BCUT2D eigenvalue weighted by atomic mass is 9.93. The van der Waals surface area contributed by atoms with E-state index in [1.807, 2.05) is 12.1 Å². The maximum absolute atomic E-state index is 5.29. The van der Waals surface area contributed by atoms with Crippen LogP contribution in [-0.2, 0) is 0 Å². The number of ether oxygens (including phenoxy) is 1. The number of likely N-dealkylation sites (N-methyl/N-ethyl adjacent to an activating group) is 1. The summed E-state index contributed by atoms with van der Waals surface area (Å²) in [5.74, 6) is 2.20. The first-order valence-electron chi connectivity index (χ1n) is 8.37. The van der Waals surface area contributed by atoms with Crippen LogP contribution in [0.5, 0.6) is 5.75 Å². The predicted molar refractivity (Wildman–Crippen MR) is 97.1 cm³/mol. The second kappa shape index (κ2) is 6.33. The number of aromatic amines is 1. The fraction of sp³-hybridized carbons (Fsp3) is 0.389. The smallest absolute Gasteiger partial charge is 0.182 e. The molecule has 2 atom stereocenters. The predicted octanol–water partition coefficient (Wildman–Crippen LogP) is 1.90. The highest BCUT2D eigenvalue weighted by molar-refractivity contribution is 5.83. The number of hydrogen-bond donors (Lipinski definition) is 1. The number of hydrogen-bond acceptors (Lipinski definition) is 6. The van der Waals surface area contributed by atoms with Gasteiger partial charge in [0.25, 0.3) is 0 Å². The first-order chi connectivity index (χ1) is 12.2. The molecule has 7 heteroatoms. The first-order valence-corrected chi connectivity index (χ1v) is 8.37. The molecule has 0 unspecified atom stereocenters. The molecule has 1 aliphatic rings. The van der Waals surface area contributed by atoms with E-state index in [0.717, 1.165) is 30.2 Å². The van der Waals surface area contributed by atoms with E-state index in [9.17, 15) is 0 Å². The number of methoxy groups -OCH3 is 1. The zero-order valence-electron chi connectivity index (χ0n) is 14.7. The van der Waals surface area contributed by atoms with Crippen molar-refractivity contribution in [1.82, 2.24) is 24.8 Å². The van der Waals surface area contributed by atoms with E-state index >= 15 is 0 Å². The standard InChI is InChI=1S/C18H22N6O/c1-23(2)15-9-24(18-16-17(20-10-19-16)21-11-22-18)8-14(15)12-4-6-13(25-3)7-5-12/h4-7,10-11,14-15H,8-9H2,1-3H3,(H,19,20,21,22)/t14-,15+/m0/s1.